The molecule has 1 heterocycles. The van der Waals surface area contributed by atoms with Crippen molar-refractivity contribution in [3.63, 3.8) is 0 Å². The maximum Gasteiger partial charge on any atom is 0.225 e. The normalized spacial score (nSPS) is 17.0. The van der Waals surface area contributed by atoms with Crippen molar-refractivity contribution in [2.45, 2.75) is 27.2 Å². The molecule has 1 aliphatic heterocycles. The first kappa shape index (κ1) is 16.0. The number of carbonyl (C=O) groups excluding carboxylic acids is 1. The zero-order chi connectivity index (χ0) is 15.4. The van der Waals surface area contributed by atoms with E-state index < -0.39 is 0 Å². The molecule has 0 spiro atoms. The molecule has 0 aliphatic carbocycles. The molecular formula is C17H27N3O. The van der Waals surface area contributed by atoms with E-state index in [1.54, 1.807) is 0 Å². The number of likely N-dealkylation sites (N-methyl/N-ethyl adjacent to an activating group) is 1. The Labute approximate surface area is 128 Å². The van der Waals surface area contributed by atoms with Crippen molar-refractivity contribution in [1.29, 1.82) is 0 Å². The maximum absolute atomic E-state index is 12.2. The van der Waals surface area contributed by atoms with Crippen molar-refractivity contribution >= 4 is 11.6 Å². The highest BCUT2D eigenvalue weighted by Crippen LogP contribution is 2.22. The van der Waals surface area contributed by atoms with Crippen molar-refractivity contribution < 1.29 is 4.79 Å². The fourth-order valence-corrected chi connectivity index (χ4v) is 2.91. The minimum Gasteiger partial charge on any atom is -0.326 e. The second-order valence-corrected chi connectivity index (χ2v) is 6.22. The summed E-state index contributed by atoms with van der Waals surface area (Å²) >= 11 is 0. The van der Waals surface area contributed by atoms with Crippen LogP contribution in [-0.2, 0) is 4.79 Å². The molecule has 0 saturated carbocycles. The van der Waals surface area contributed by atoms with Gasteiger partial charge in [0.15, 0.2) is 0 Å². The summed E-state index contributed by atoms with van der Waals surface area (Å²) in [7, 11) is 2.15. The monoisotopic (exact) mass is 289 g/mol. The van der Waals surface area contributed by atoms with Crippen LogP contribution in [0.4, 0.5) is 5.69 Å². The molecule has 1 aromatic carbocycles. The Morgan fingerprint density at radius 1 is 1.10 bits per heavy atom. The standard InChI is InChI=1S/C17H27N3O/c1-13-11-14(2)17(15(3)12-13)18-16(21)5-6-20-9-7-19(4)8-10-20/h11-12H,5-10H2,1-4H3,(H,18,21). The minimum atomic E-state index is 0.115. The largest absolute Gasteiger partial charge is 0.326 e. The summed E-state index contributed by atoms with van der Waals surface area (Å²) in [6.07, 6.45) is 0.566. The topological polar surface area (TPSA) is 35.6 Å². The second-order valence-electron chi connectivity index (χ2n) is 6.22. The van der Waals surface area contributed by atoms with Crippen LogP contribution in [0.15, 0.2) is 12.1 Å². The maximum atomic E-state index is 12.2. The van der Waals surface area contributed by atoms with Crippen LogP contribution in [0, 0.1) is 20.8 Å². The third kappa shape index (κ3) is 4.55. The molecule has 0 radical (unpaired) electrons. The van der Waals surface area contributed by atoms with Gasteiger partial charge in [0.1, 0.15) is 0 Å². The molecule has 0 bridgehead atoms. The van der Waals surface area contributed by atoms with Gasteiger partial charge in [-0.1, -0.05) is 17.7 Å². The molecule has 2 rings (SSSR count). The van der Waals surface area contributed by atoms with Gasteiger partial charge in [0, 0.05) is 44.8 Å². The average molecular weight is 289 g/mol. The number of aryl methyl sites for hydroxylation is 3. The molecule has 1 fully saturated rings. The number of amides is 1. The predicted molar refractivity (Wildman–Crippen MR) is 87.8 cm³/mol. The van der Waals surface area contributed by atoms with Crippen LogP contribution >= 0.6 is 0 Å². The first-order valence-corrected chi connectivity index (χ1v) is 7.74. The van der Waals surface area contributed by atoms with Gasteiger partial charge in [0.2, 0.25) is 5.91 Å². The molecule has 4 nitrogen and oxygen atoms in total. The summed E-state index contributed by atoms with van der Waals surface area (Å²) in [5.74, 6) is 0.115. The highest BCUT2D eigenvalue weighted by molar-refractivity contribution is 5.92. The van der Waals surface area contributed by atoms with Crippen molar-refractivity contribution in [2.75, 3.05) is 45.1 Å². The van der Waals surface area contributed by atoms with Crippen LogP contribution in [0.25, 0.3) is 0 Å². The number of hydrogen-bond acceptors (Lipinski definition) is 3. The van der Waals surface area contributed by atoms with Gasteiger partial charge in [0.25, 0.3) is 0 Å². The summed E-state index contributed by atoms with van der Waals surface area (Å²) < 4.78 is 0. The highest BCUT2D eigenvalue weighted by Gasteiger charge is 2.15. The lowest BCUT2D eigenvalue weighted by Crippen LogP contribution is -2.45. The molecule has 21 heavy (non-hydrogen) atoms. The Morgan fingerprint density at radius 2 is 1.67 bits per heavy atom. The lowest BCUT2D eigenvalue weighted by Gasteiger charge is -2.32. The number of carbonyl (C=O) groups is 1. The van der Waals surface area contributed by atoms with Crippen LogP contribution in [0.2, 0.25) is 0 Å². The van der Waals surface area contributed by atoms with Crippen molar-refractivity contribution in [1.82, 2.24) is 9.80 Å². The third-order valence-corrected chi connectivity index (χ3v) is 4.19. The van der Waals surface area contributed by atoms with Gasteiger partial charge in [-0.05, 0) is 38.9 Å². The fraction of sp³-hybridized carbons (Fsp3) is 0.588. The summed E-state index contributed by atoms with van der Waals surface area (Å²) in [5, 5.41) is 3.08. The zero-order valence-electron chi connectivity index (χ0n) is 13.7. The Hall–Kier alpha value is -1.39. The lowest BCUT2D eigenvalue weighted by molar-refractivity contribution is -0.116. The first-order chi connectivity index (χ1) is 9.95. The van der Waals surface area contributed by atoms with E-state index in [2.05, 4.69) is 55.1 Å². The zero-order valence-corrected chi connectivity index (χ0v) is 13.7. The van der Waals surface area contributed by atoms with Crippen molar-refractivity contribution in [3.05, 3.63) is 28.8 Å². The Kier molecular flexibility index (Phi) is 5.37. The average Bonchev–Trinajstić information content (AvgIpc) is 2.42. The van der Waals surface area contributed by atoms with Crippen molar-refractivity contribution in [3.8, 4) is 0 Å². The van der Waals surface area contributed by atoms with Crippen LogP contribution in [0.1, 0.15) is 23.1 Å². The Morgan fingerprint density at radius 3 is 2.24 bits per heavy atom. The Bertz CT molecular complexity index is 482. The summed E-state index contributed by atoms with van der Waals surface area (Å²) in [6.45, 7) is 11.4. The number of anilines is 1. The van der Waals surface area contributed by atoms with Crippen LogP contribution < -0.4 is 5.32 Å². The molecule has 1 aromatic rings. The molecule has 0 unspecified atom stereocenters. The number of piperazine rings is 1. The molecular weight excluding hydrogens is 262 g/mol. The molecule has 1 amide bonds. The van der Waals surface area contributed by atoms with Gasteiger partial charge in [-0.2, -0.15) is 0 Å². The van der Waals surface area contributed by atoms with E-state index in [1.807, 2.05) is 0 Å². The smallest absolute Gasteiger partial charge is 0.225 e. The van der Waals surface area contributed by atoms with E-state index in [0.29, 0.717) is 6.42 Å². The summed E-state index contributed by atoms with van der Waals surface area (Å²) in [5.41, 5.74) is 4.49. The summed E-state index contributed by atoms with van der Waals surface area (Å²) in [6, 6.07) is 4.23. The number of rotatable bonds is 4. The molecule has 0 atom stereocenters. The highest BCUT2D eigenvalue weighted by atomic mass is 16.1. The van der Waals surface area contributed by atoms with Gasteiger partial charge in [-0.15, -0.1) is 0 Å². The molecule has 1 aliphatic rings. The van der Waals surface area contributed by atoms with Crippen LogP contribution in [0.3, 0.4) is 0 Å². The molecule has 4 heteroatoms. The number of benzene rings is 1. The van der Waals surface area contributed by atoms with Crippen LogP contribution in [0.5, 0.6) is 0 Å². The predicted octanol–water partition coefficient (Wildman–Crippen LogP) is 2.19. The SMILES string of the molecule is Cc1cc(C)c(NC(=O)CCN2CCN(C)CC2)c(C)c1. The van der Waals surface area contributed by atoms with E-state index in [4.69, 9.17) is 0 Å². The molecule has 0 aromatic heterocycles. The van der Waals surface area contributed by atoms with E-state index in [9.17, 15) is 4.79 Å². The number of nitrogens with one attached hydrogen (secondary N) is 1. The van der Waals surface area contributed by atoms with E-state index >= 15 is 0 Å². The van der Waals surface area contributed by atoms with Gasteiger partial charge in [0.05, 0.1) is 0 Å². The molecule has 116 valence electrons. The quantitative estimate of drug-likeness (QED) is 0.923. The first-order valence-electron chi connectivity index (χ1n) is 7.74. The molecule has 1 N–H and O–H groups in total. The van der Waals surface area contributed by atoms with Gasteiger partial charge in [-0.3, -0.25) is 4.79 Å². The van der Waals surface area contributed by atoms with E-state index in [0.717, 1.165) is 49.5 Å². The fourth-order valence-electron chi connectivity index (χ4n) is 2.91. The van der Waals surface area contributed by atoms with E-state index in [-0.39, 0.29) is 5.91 Å². The second kappa shape index (κ2) is 7.05. The summed E-state index contributed by atoms with van der Waals surface area (Å²) in [4.78, 5) is 16.9. The number of hydrogen-bond donors (Lipinski definition) is 1. The lowest BCUT2D eigenvalue weighted by atomic mass is 10.0. The van der Waals surface area contributed by atoms with Gasteiger partial charge < -0.3 is 15.1 Å². The third-order valence-electron chi connectivity index (χ3n) is 4.19. The van der Waals surface area contributed by atoms with Gasteiger partial charge >= 0.3 is 0 Å². The van der Waals surface area contributed by atoms with E-state index in [1.165, 1.54) is 5.56 Å². The molecule has 1 saturated heterocycles. The van der Waals surface area contributed by atoms with Crippen molar-refractivity contribution in [2.24, 2.45) is 0 Å². The Balaban J connectivity index is 1.85. The van der Waals surface area contributed by atoms with Gasteiger partial charge in [-0.25, -0.2) is 0 Å². The minimum absolute atomic E-state index is 0.115. The van der Waals surface area contributed by atoms with Crippen LogP contribution in [-0.4, -0.2) is 55.5 Å². The number of nitrogens with zero attached hydrogens (tertiary/aromatic N) is 2.